The molecule has 5 fully saturated rings. The van der Waals surface area contributed by atoms with E-state index in [9.17, 15) is 23.5 Å². The third-order valence-corrected chi connectivity index (χ3v) is 12.2. The van der Waals surface area contributed by atoms with E-state index in [2.05, 4.69) is 22.2 Å². The van der Waals surface area contributed by atoms with Gasteiger partial charge in [-0.15, -0.1) is 0 Å². The molecule has 2 bridgehead atoms. The van der Waals surface area contributed by atoms with Gasteiger partial charge in [0.2, 0.25) is 5.95 Å². The Morgan fingerprint density at radius 3 is 2.45 bits per heavy atom. The van der Waals surface area contributed by atoms with Crippen LogP contribution in [-0.4, -0.2) is 75.1 Å². The fourth-order valence-electron chi connectivity index (χ4n) is 9.68. The first-order valence-corrected chi connectivity index (χ1v) is 17.7. The Hall–Kier alpha value is -3.48. The van der Waals surface area contributed by atoms with Crippen LogP contribution in [-0.2, 0) is 16.1 Å². The normalized spacial score (nSPS) is 32.8. The predicted octanol–water partition coefficient (Wildman–Crippen LogP) is 6.42. The van der Waals surface area contributed by atoms with Crippen molar-refractivity contribution in [3.05, 3.63) is 41.2 Å². The summed E-state index contributed by atoms with van der Waals surface area (Å²) in [7, 11) is 0. The van der Waals surface area contributed by atoms with Crippen molar-refractivity contribution >= 4 is 23.5 Å². The highest BCUT2D eigenvalue weighted by atomic mass is 19.3. The Bertz CT molecular complexity index is 1660. The van der Waals surface area contributed by atoms with Crippen LogP contribution in [0.3, 0.4) is 0 Å². The van der Waals surface area contributed by atoms with Gasteiger partial charge in [-0.1, -0.05) is 6.92 Å². The van der Waals surface area contributed by atoms with E-state index in [0.29, 0.717) is 32.2 Å². The number of carboxylic acids is 1. The third kappa shape index (κ3) is 5.73. The number of anilines is 2. The molecular weight excluding hydrogens is 642 g/mol. The molecule has 4 aliphatic carbocycles. The highest BCUT2D eigenvalue weighted by Gasteiger charge is 2.57. The third-order valence-electron chi connectivity index (χ3n) is 12.2. The number of carbonyl (C=O) groups excluding carboxylic acids is 1. The number of aliphatic carboxylic acids is 1. The zero-order chi connectivity index (χ0) is 34.5. The van der Waals surface area contributed by atoms with Gasteiger partial charge in [0.25, 0.3) is 17.8 Å². The van der Waals surface area contributed by atoms with E-state index in [1.165, 1.54) is 0 Å². The SMILES string of the molecule is CC1CC2CC(C1)C(NC(=O)c1cnc(N3CC4(CC4)c4cc(O[C@H]5CC[C@H](N6CC(F)(F)C6)CC5)ccc43)nc1C(C)(F)F)(C(=O)O)C2. The molecule has 1 spiro atoms. The van der Waals surface area contributed by atoms with Crippen LogP contribution in [0.4, 0.5) is 29.2 Å². The molecule has 4 saturated carbocycles. The Kier molecular flexibility index (Phi) is 7.52. The van der Waals surface area contributed by atoms with Gasteiger partial charge in [0.1, 0.15) is 17.0 Å². The average Bonchev–Trinajstić information content (AvgIpc) is 3.68. The van der Waals surface area contributed by atoms with Gasteiger partial charge in [-0.25, -0.2) is 23.5 Å². The minimum atomic E-state index is -3.49. The summed E-state index contributed by atoms with van der Waals surface area (Å²) >= 11 is 0. The number of carboxylic acid groups (broad SMARTS) is 1. The largest absolute Gasteiger partial charge is 0.490 e. The second-order valence-electron chi connectivity index (χ2n) is 16.0. The highest BCUT2D eigenvalue weighted by Crippen LogP contribution is 2.58. The molecular formula is C36H43F4N5O4. The van der Waals surface area contributed by atoms with Crippen molar-refractivity contribution in [1.82, 2.24) is 20.2 Å². The molecule has 13 heteroatoms. The van der Waals surface area contributed by atoms with Crippen LogP contribution in [0.15, 0.2) is 24.4 Å². The number of benzene rings is 1. The van der Waals surface area contributed by atoms with Crippen molar-refractivity contribution in [3.63, 3.8) is 0 Å². The summed E-state index contributed by atoms with van der Waals surface area (Å²) in [6.45, 7) is 2.95. The van der Waals surface area contributed by atoms with Gasteiger partial charge in [-0.05, 0) is 106 Å². The molecule has 264 valence electrons. The lowest BCUT2D eigenvalue weighted by molar-refractivity contribution is -0.151. The van der Waals surface area contributed by atoms with Gasteiger partial charge in [-0.3, -0.25) is 9.69 Å². The van der Waals surface area contributed by atoms with Gasteiger partial charge in [0.15, 0.2) is 0 Å². The lowest BCUT2D eigenvalue weighted by atomic mass is 9.78. The van der Waals surface area contributed by atoms with E-state index < -0.39 is 40.5 Å². The quantitative estimate of drug-likeness (QED) is 0.307. The summed E-state index contributed by atoms with van der Waals surface area (Å²) in [6, 6.07) is 5.95. The van der Waals surface area contributed by atoms with E-state index in [0.717, 1.165) is 68.1 Å². The molecule has 1 aromatic carbocycles. The van der Waals surface area contributed by atoms with Gasteiger partial charge in [-0.2, -0.15) is 8.78 Å². The number of aromatic nitrogens is 2. The number of ether oxygens (including phenoxy) is 1. The second-order valence-corrected chi connectivity index (χ2v) is 16.0. The van der Waals surface area contributed by atoms with E-state index in [1.807, 2.05) is 28.0 Å². The minimum absolute atomic E-state index is 0.00688. The van der Waals surface area contributed by atoms with Crippen molar-refractivity contribution in [2.45, 2.75) is 113 Å². The monoisotopic (exact) mass is 685 g/mol. The molecule has 1 amide bonds. The summed E-state index contributed by atoms with van der Waals surface area (Å²) in [4.78, 5) is 38.6. The predicted molar refractivity (Wildman–Crippen MR) is 172 cm³/mol. The maximum Gasteiger partial charge on any atom is 0.329 e. The first-order valence-electron chi connectivity index (χ1n) is 17.7. The van der Waals surface area contributed by atoms with Crippen LogP contribution in [0.25, 0.3) is 0 Å². The van der Waals surface area contributed by atoms with Crippen molar-refractivity contribution < 1.29 is 37.0 Å². The topological polar surface area (TPSA) is 108 Å². The number of halogens is 4. The van der Waals surface area contributed by atoms with Gasteiger partial charge in [0.05, 0.1) is 24.8 Å². The zero-order valence-corrected chi connectivity index (χ0v) is 27.9. The van der Waals surface area contributed by atoms with Crippen LogP contribution in [0.2, 0.25) is 0 Å². The molecule has 4 atom stereocenters. The molecule has 4 unspecified atom stereocenters. The van der Waals surface area contributed by atoms with Crippen molar-refractivity contribution in [3.8, 4) is 5.75 Å². The fraction of sp³-hybridized carbons (Fsp3) is 0.667. The Morgan fingerprint density at radius 2 is 1.80 bits per heavy atom. The first-order chi connectivity index (χ1) is 23.1. The Balaban J connectivity index is 1.01. The van der Waals surface area contributed by atoms with Crippen LogP contribution < -0.4 is 15.0 Å². The number of amides is 1. The molecule has 9 nitrogen and oxygen atoms in total. The number of likely N-dealkylation sites (tertiary alicyclic amines) is 1. The van der Waals surface area contributed by atoms with Crippen LogP contribution in [0.1, 0.15) is 99.7 Å². The number of hydrogen-bond donors (Lipinski definition) is 2. The molecule has 1 saturated heterocycles. The van der Waals surface area contributed by atoms with Crippen molar-refractivity contribution in [2.75, 3.05) is 24.5 Å². The molecule has 8 rings (SSSR count). The summed E-state index contributed by atoms with van der Waals surface area (Å²) in [6.07, 6.45) is 8.65. The Morgan fingerprint density at radius 1 is 1.06 bits per heavy atom. The number of alkyl halides is 4. The lowest BCUT2D eigenvalue weighted by Gasteiger charge is -2.46. The number of rotatable bonds is 8. The summed E-state index contributed by atoms with van der Waals surface area (Å²) in [5.41, 5.74) is -1.000. The van der Waals surface area contributed by atoms with E-state index in [-0.39, 0.29) is 54.9 Å². The second kappa shape index (κ2) is 11.3. The van der Waals surface area contributed by atoms with Crippen LogP contribution >= 0.6 is 0 Å². The van der Waals surface area contributed by atoms with Crippen LogP contribution in [0.5, 0.6) is 5.75 Å². The molecule has 1 aromatic heterocycles. The molecule has 6 aliphatic rings. The van der Waals surface area contributed by atoms with Gasteiger partial charge >= 0.3 is 5.97 Å². The average molecular weight is 686 g/mol. The summed E-state index contributed by atoms with van der Waals surface area (Å²) < 4.78 is 63.4. The van der Waals surface area contributed by atoms with Crippen molar-refractivity contribution in [1.29, 1.82) is 0 Å². The summed E-state index contributed by atoms with van der Waals surface area (Å²) in [5, 5.41) is 13.0. The molecule has 49 heavy (non-hydrogen) atoms. The van der Waals surface area contributed by atoms with E-state index in [1.54, 1.807) is 0 Å². The molecule has 2 N–H and O–H groups in total. The maximum atomic E-state index is 15.2. The standard InChI is InChI=1S/C36H43F4N5O4/c1-20-11-21-13-22(12-20)36(15-21,31(47)48)43-30(46)26-16-41-32(42-29(26)33(2,37)38)45-17-34(9-10-34)27-14-25(7-8-28(27)45)49-24-5-3-23(4-6-24)44-18-35(39,40)19-44/h7-8,14,16,20-24H,3-6,9-13,15,17-19H2,1-2H3,(H,43,46)(H,47,48)/t20?,21?,22?,23-,24-,36?. The van der Waals surface area contributed by atoms with Crippen molar-refractivity contribution in [2.24, 2.45) is 17.8 Å². The highest BCUT2D eigenvalue weighted by molar-refractivity contribution is 5.99. The van der Waals surface area contributed by atoms with Gasteiger partial charge in [0, 0.05) is 36.8 Å². The lowest BCUT2D eigenvalue weighted by Crippen LogP contribution is -2.60. The Labute approximate surface area is 282 Å². The van der Waals surface area contributed by atoms with E-state index >= 15 is 8.78 Å². The maximum absolute atomic E-state index is 15.2. The minimum Gasteiger partial charge on any atom is -0.490 e. The number of hydrogen-bond acceptors (Lipinski definition) is 7. The smallest absolute Gasteiger partial charge is 0.329 e. The van der Waals surface area contributed by atoms with Crippen LogP contribution in [0, 0.1) is 17.8 Å². The number of carbonyl (C=O) groups is 2. The zero-order valence-electron chi connectivity index (χ0n) is 27.9. The molecule has 0 radical (unpaired) electrons. The fourth-order valence-corrected chi connectivity index (χ4v) is 9.68. The molecule has 2 aliphatic heterocycles. The first kappa shape index (κ1) is 32.7. The number of nitrogens with one attached hydrogen (secondary N) is 1. The van der Waals surface area contributed by atoms with Gasteiger partial charge < -0.3 is 20.1 Å². The number of nitrogens with zero attached hydrogens (tertiary/aromatic N) is 4. The number of fused-ring (bicyclic) bond motifs is 4. The van der Waals surface area contributed by atoms with E-state index in [4.69, 9.17) is 4.74 Å². The summed E-state index contributed by atoms with van der Waals surface area (Å²) in [5.74, 6) is -7.09. The molecule has 2 aromatic rings. The molecule has 3 heterocycles.